The van der Waals surface area contributed by atoms with Crippen molar-refractivity contribution in [3.05, 3.63) is 23.4 Å². The molecule has 0 bridgehead atoms. The zero-order valence-corrected chi connectivity index (χ0v) is 15.7. The van der Waals surface area contributed by atoms with Gasteiger partial charge in [-0.25, -0.2) is 12.7 Å². The monoisotopic (exact) mass is 370 g/mol. The molecule has 1 saturated heterocycles. The summed E-state index contributed by atoms with van der Waals surface area (Å²) in [6, 6.07) is 4.02. The standard InChI is InChI=1S/C15H22N4O3S2/c1-11(15-16-14(17-22-15)13-5-4-10-23-13)19-8-6-12(7-9-19)18(2)24(3,20)21/h4-5,10-12H,6-9H2,1-3H3. The van der Waals surface area contributed by atoms with Gasteiger partial charge in [0.15, 0.2) is 0 Å². The Bertz CT molecular complexity index is 765. The summed E-state index contributed by atoms with van der Waals surface area (Å²) in [5.41, 5.74) is 0. The number of nitrogens with zero attached hydrogens (tertiary/aromatic N) is 4. The highest BCUT2D eigenvalue weighted by molar-refractivity contribution is 7.88. The molecule has 3 rings (SSSR count). The van der Waals surface area contributed by atoms with E-state index in [4.69, 9.17) is 4.52 Å². The second kappa shape index (κ2) is 6.91. The van der Waals surface area contributed by atoms with Crippen molar-refractivity contribution in [1.82, 2.24) is 19.3 Å². The van der Waals surface area contributed by atoms with Crippen molar-refractivity contribution in [2.45, 2.75) is 31.8 Å². The molecule has 132 valence electrons. The maximum atomic E-state index is 11.7. The SMILES string of the molecule is CC(c1nc(-c2cccs2)no1)N1CCC(N(C)S(C)(=O)=O)CC1. The first kappa shape index (κ1) is 17.5. The Balaban J connectivity index is 1.62. The lowest BCUT2D eigenvalue weighted by molar-refractivity contribution is 0.114. The molecule has 0 amide bonds. The van der Waals surface area contributed by atoms with Crippen molar-refractivity contribution < 1.29 is 12.9 Å². The summed E-state index contributed by atoms with van der Waals surface area (Å²) in [6.07, 6.45) is 2.87. The normalized spacial score (nSPS) is 19.0. The second-order valence-electron chi connectivity index (χ2n) is 6.16. The van der Waals surface area contributed by atoms with Gasteiger partial charge in [0.1, 0.15) is 0 Å². The van der Waals surface area contributed by atoms with E-state index in [9.17, 15) is 8.42 Å². The summed E-state index contributed by atoms with van der Waals surface area (Å²) in [7, 11) is -1.48. The molecule has 1 aliphatic rings. The van der Waals surface area contributed by atoms with Crippen LogP contribution in [0.25, 0.3) is 10.7 Å². The topological polar surface area (TPSA) is 79.5 Å². The van der Waals surface area contributed by atoms with Crippen molar-refractivity contribution >= 4 is 21.4 Å². The Morgan fingerprint density at radius 2 is 2.12 bits per heavy atom. The minimum absolute atomic E-state index is 0.0238. The van der Waals surface area contributed by atoms with Crippen molar-refractivity contribution in [2.75, 3.05) is 26.4 Å². The van der Waals surface area contributed by atoms with Crippen LogP contribution in [-0.2, 0) is 10.0 Å². The van der Waals surface area contributed by atoms with E-state index in [1.807, 2.05) is 24.4 Å². The quantitative estimate of drug-likeness (QED) is 0.803. The van der Waals surface area contributed by atoms with E-state index >= 15 is 0 Å². The van der Waals surface area contributed by atoms with E-state index < -0.39 is 10.0 Å². The molecule has 2 aromatic rings. The molecule has 0 spiro atoms. The average Bonchev–Trinajstić information content (AvgIpc) is 3.23. The van der Waals surface area contributed by atoms with Gasteiger partial charge in [0, 0.05) is 26.2 Å². The molecular formula is C15H22N4O3S2. The minimum Gasteiger partial charge on any atom is -0.337 e. The highest BCUT2D eigenvalue weighted by Gasteiger charge is 2.31. The lowest BCUT2D eigenvalue weighted by Gasteiger charge is -2.37. The van der Waals surface area contributed by atoms with Gasteiger partial charge in [-0.2, -0.15) is 4.98 Å². The summed E-state index contributed by atoms with van der Waals surface area (Å²) in [6.45, 7) is 3.66. The molecular weight excluding hydrogens is 348 g/mol. The molecule has 0 N–H and O–H groups in total. The lowest BCUT2D eigenvalue weighted by atomic mass is 10.0. The predicted molar refractivity (Wildman–Crippen MR) is 93.2 cm³/mol. The molecule has 1 atom stereocenters. The van der Waals surface area contributed by atoms with E-state index in [0.717, 1.165) is 30.8 Å². The van der Waals surface area contributed by atoms with E-state index in [1.54, 1.807) is 18.4 Å². The number of likely N-dealkylation sites (tertiary alicyclic amines) is 1. The number of rotatable bonds is 5. The molecule has 1 fully saturated rings. The van der Waals surface area contributed by atoms with Crippen LogP contribution in [0, 0.1) is 0 Å². The predicted octanol–water partition coefficient (Wildman–Crippen LogP) is 2.21. The van der Waals surface area contributed by atoms with Gasteiger partial charge in [0.25, 0.3) is 0 Å². The number of hydrogen-bond acceptors (Lipinski definition) is 7. The molecule has 3 heterocycles. The van der Waals surface area contributed by atoms with Gasteiger partial charge in [0.05, 0.1) is 17.2 Å². The molecule has 1 unspecified atom stereocenters. The van der Waals surface area contributed by atoms with Crippen molar-refractivity contribution in [1.29, 1.82) is 0 Å². The maximum absolute atomic E-state index is 11.7. The van der Waals surface area contributed by atoms with Gasteiger partial charge in [-0.05, 0) is 31.2 Å². The van der Waals surface area contributed by atoms with Crippen LogP contribution < -0.4 is 0 Å². The van der Waals surface area contributed by atoms with E-state index in [0.29, 0.717) is 11.7 Å². The van der Waals surface area contributed by atoms with Crippen LogP contribution in [0.5, 0.6) is 0 Å². The molecule has 0 radical (unpaired) electrons. The Morgan fingerprint density at radius 3 is 2.71 bits per heavy atom. The van der Waals surface area contributed by atoms with Crippen molar-refractivity contribution in [2.24, 2.45) is 0 Å². The molecule has 1 aliphatic heterocycles. The van der Waals surface area contributed by atoms with E-state index in [-0.39, 0.29) is 12.1 Å². The van der Waals surface area contributed by atoms with Gasteiger partial charge in [-0.1, -0.05) is 11.2 Å². The molecule has 2 aromatic heterocycles. The fourth-order valence-electron chi connectivity index (χ4n) is 2.97. The third-order valence-electron chi connectivity index (χ3n) is 4.62. The first-order chi connectivity index (χ1) is 11.4. The zero-order valence-electron chi connectivity index (χ0n) is 14.0. The van der Waals surface area contributed by atoms with Crippen LogP contribution in [0.4, 0.5) is 0 Å². The Hall–Kier alpha value is -1.29. The smallest absolute Gasteiger partial charge is 0.244 e. The Kier molecular flexibility index (Phi) is 5.05. The summed E-state index contributed by atoms with van der Waals surface area (Å²) in [5, 5.41) is 6.04. The highest BCUT2D eigenvalue weighted by Crippen LogP contribution is 2.28. The van der Waals surface area contributed by atoms with Gasteiger partial charge in [0.2, 0.25) is 21.7 Å². The summed E-state index contributed by atoms with van der Waals surface area (Å²) in [4.78, 5) is 7.76. The molecule has 0 aromatic carbocycles. The van der Waals surface area contributed by atoms with E-state index in [2.05, 4.69) is 15.0 Å². The molecule has 24 heavy (non-hydrogen) atoms. The number of thiophene rings is 1. The second-order valence-corrected chi connectivity index (χ2v) is 9.15. The number of piperidine rings is 1. The van der Waals surface area contributed by atoms with Crippen molar-refractivity contribution in [3.8, 4) is 10.7 Å². The highest BCUT2D eigenvalue weighted by atomic mass is 32.2. The molecule has 0 aliphatic carbocycles. The largest absolute Gasteiger partial charge is 0.337 e. The van der Waals surface area contributed by atoms with Crippen LogP contribution in [0.3, 0.4) is 0 Å². The van der Waals surface area contributed by atoms with Gasteiger partial charge in [-0.15, -0.1) is 11.3 Å². The van der Waals surface area contributed by atoms with Crippen LogP contribution in [0.2, 0.25) is 0 Å². The van der Waals surface area contributed by atoms with Crippen LogP contribution in [0.1, 0.15) is 31.7 Å². The first-order valence-electron chi connectivity index (χ1n) is 7.91. The lowest BCUT2D eigenvalue weighted by Crippen LogP contribution is -2.45. The number of aromatic nitrogens is 2. The Labute approximate surface area is 146 Å². The number of sulfonamides is 1. The Morgan fingerprint density at radius 1 is 1.42 bits per heavy atom. The van der Waals surface area contributed by atoms with Gasteiger partial charge >= 0.3 is 0 Å². The number of hydrogen-bond donors (Lipinski definition) is 0. The van der Waals surface area contributed by atoms with E-state index in [1.165, 1.54) is 10.6 Å². The summed E-state index contributed by atoms with van der Waals surface area (Å²) < 4.78 is 30.2. The van der Waals surface area contributed by atoms with Crippen LogP contribution in [0.15, 0.2) is 22.0 Å². The summed E-state index contributed by atoms with van der Waals surface area (Å²) >= 11 is 1.58. The zero-order chi connectivity index (χ0) is 17.3. The fraction of sp³-hybridized carbons (Fsp3) is 0.600. The molecule has 7 nitrogen and oxygen atoms in total. The van der Waals surface area contributed by atoms with Gasteiger partial charge in [-0.3, -0.25) is 4.90 Å². The van der Waals surface area contributed by atoms with Gasteiger partial charge < -0.3 is 4.52 Å². The fourth-order valence-corrected chi connectivity index (χ4v) is 4.38. The third kappa shape index (κ3) is 3.69. The summed E-state index contributed by atoms with van der Waals surface area (Å²) in [5.74, 6) is 1.23. The molecule has 0 saturated carbocycles. The minimum atomic E-state index is -3.14. The molecule has 9 heteroatoms. The van der Waals surface area contributed by atoms with Crippen LogP contribution in [-0.4, -0.2) is 60.2 Å². The average molecular weight is 371 g/mol. The maximum Gasteiger partial charge on any atom is 0.244 e. The van der Waals surface area contributed by atoms with Crippen molar-refractivity contribution in [3.63, 3.8) is 0 Å². The van der Waals surface area contributed by atoms with Crippen LogP contribution >= 0.6 is 11.3 Å². The third-order valence-corrected chi connectivity index (χ3v) is 6.84. The first-order valence-corrected chi connectivity index (χ1v) is 10.6.